The number of aliphatic carboxylic acids is 1. The van der Waals surface area contributed by atoms with E-state index >= 15 is 0 Å². The fraction of sp³-hybridized carbons (Fsp3) is 0.240. The number of hydrogen-bond acceptors (Lipinski definition) is 5. The summed E-state index contributed by atoms with van der Waals surface area (Å²) in [6, 6.07) is 18.4. The van der Waals surface area contributed by atoms with E-state index in [1.54, 1.807) is 11.3 Å². The number of nitrogens with zero attached hydrogens (tertiary/aromatic N) is 1. The standard InChI is InChI=1S/C25H22BrNO4S/c26-24-22(17-4-2-1-3-5-17)10-21(32-24)15-30-20-7-6-18-8-16(14-31-23(18)9-20)11-27-12-19(13-27)25(28)29/h1-10,19H,11-15H2,(H,28,29). The molecule has 3 heterocycles. The van der Waals surface area contributed by atoms with Gasteiger partial charge in [0, 0.05) is 41.7 Å². The first-order valence-corrected chi connectivity index (χ1v) is 12.0. The minimum atomic E-state index is -0.709. The summed E-state index contributed by atoms with van der Waals surface area (Å²) in [5.41, 5.74) is 4.55. The smallest absolute Gasteiger partial charge is 0.309 e. The normalized spacial score (nSPS) is 16.0. The first-order valence-electron chi connectivity index (χ1n) is 10.4. The molecule has 7 heteroatoms. The maximum atomic E-state index is 11.0. The van der Waals surface area contributed by atoms with Crippen molar-refractivity contribution in [3.63, 3.8) is 0 Å². The minimum Gasteiger partial charge on any atom is -0.488 e. The van der Waals surface area contributed by atoms with Crippen LogP contribution in [0.2, 0.25) is 0 Å². The van der Waals surface area contributed by atoms with Crippen LogP contribution in [0.5, 0.6) is 11.5 Å². The van der Waals surface area contributed by atoms with Gasteiger partial charge >= 0.3 is 5.97 Å². The molecular weight excluding hydrogens is 490 g/mol. The predicted molar refractivity (Wildman–Crippen MR) is 129 cm³/mol. The minimum absolute atomic E-state index is 0.236. The largest absolute Gasteiger partial charge is 0.488 e. The fourth-order valence-electron chi connectivity index (χ4n) is 3.97. The molecule has 0 amide bonds. The summed E-state index contributed by atoms with van der Waals surface area (Å²) in [4.78, 5) is 14.2. The highest BCUT2D eigenvalue weighted by Gasteiger charge is 2.32. The van der Waals surface area contributed by atoms with Crippen molar-refractivity contribution in [3.8, 4) is 22.6 Å². The van der Waals surface area contributed by atoms with E-state index in [-0.39, 0.29) is 5.92 Å². The van der Waals surface area contributed by atoms with Gasteiger partial charge in [-0.05, 0) is 51.3 Å². The number of thiophene rings is 1. The highest BCUT2D eigenvalue weighted by atomic mass is 79.9. The van der Waals surface area contributed by atoms with Gasteiger partial charge in [0.25, 0.3) is 0 Å². The molecule has 32 heavy (non-hydrogen) atoms. The molecule has 2 aliphatic rings. The van der Waals surface area contributed by atoms with Crippen LogP contribution in [0.3, 0.4) is 0 Å². The molecule has 2 aliphatic heterocycles. The van der Waals surface area contributed by atoms with Crippen molar-refractivity contribution in [1.29, 1.82) is 0 Å². The first-order chi connectivity index (χ1) is 15.5. The molecule has 3 aromatic rings. The van der Waals surface area contributed by atoms with Crippen LogP contribution in [0.25, 0.3) is 17.2 Å². The molecule has 0 atom stereocenters. The lowest BCUT2D eigenvalue weighted by atomic mass is 9.98. The Kier molecular flexibility index (Phi) is 6.04. The van der Waals surface area contributed by atoms with Gasteiger partial charge in [-0.25, -0.2) is 0 Å². The lowest BCUT2D eigenvalue weighted by molar-refractivity contribution is -0.147. The second kappa shape index (κ2) is 9.10. The van der Waals surface area contributed by atoms with Gasteiger partial charge in [0.15, 0.2) is 0 Å². The Morgan fingerprint density at radius 2 is 2.00 bits per heavy atom. The number of carboxylic acids is 1. The summed E-state index contributed by atoms with van der Waals surface area (Å²) in [7, 11) is 0. The molecule has 1 N–H and O–H groups in total. The molecule has 1 saturated heterocycles. The van der Waals surface area contributed by atoms with Crippen molar-refractivity contribution in [2.24, 2.45) is 5.92 Å². The van der Waals surface area contributed by atoms with Gasteiger partial charge in [0.2, 0.25) is 0 Å². The van der Waals surface area contributed by atoms with Gasteiger partial charge in [0.05, 0.1) is 9.70 Å². The van der Waals surface area contributed by atoms with Crippen LogP contribution in [0, 0.1) is 5.92 Å². The van der Waals surface area contributed by atoms with Gasteiger partial charge in [-0.2, -0.15) is 0 Å². The van der Waals surface area contributed by atoms with E-state index in [1.165, 1.54) is 11.1 Å². The number of likely N-dealkylation sites (tertiary alicyclic amines) is 1. The number of carboxylic acid groups (broad SMARTS) is 1. The van der Waals surface area contributed by atoms with Crippen molar-refractivity contribution >= 4 is 39.3 Å². The number of hydrogen-bond donors (Lipinski definition) is 1. The number of ether oxygens (including phenoxy) is 2. The Morgan fingerprint density at radius 1 is 1.19 bits per heavy atom. The number of fused-ring (bicyclic) bond motifs is 1. The molecule has 0 radical (unpaired) electrons. The number of benzene rings is 2. The molecule has 0 spiro atoms. The molecule has 5 nitrogen and oxygen atoms in total. The summed E-state index contributed by atoms with van der Waals surface area (Å²) >= 11 is 5.36. The van der Waals surface area contributed by atoms with Crippen molar-refractivity contribution in [2.45, 2.75) is 6.61 Å². The van der Waals surface area contributed by atoms with Crippen molar-refractivity contribution in [2.75, 3.05) is 26.2 Å². The molecule has 5 rings (SSSR count). The van der Waals surface area contributed by atoms with E-state index in [1.807, 2.05) is 36.4 Å². The summed E-state index contributed by atoms with van der Waals surface area (Å²) in [6.07, 6.45) is 2.14. The SMILES string of the molecule is O=C(O)C1CN(CC2=Cc3ccc(OCc4cc(-c5ccccc5)c(Br)s4)cc3OC2)C1. The third kappa shape index (κ3) is 4.60. The van der Waals surface area contributed by atoms with Crippen LogP contribution >= 0.6 is 27.3 Å². The maximum Gasteiger partial charge on any atom is 0.309 e. The van der Waals surface area contributed by atoms with E-state index in [9.17, 15) is 4.79 Å². The van der Waals surface area contributed by atoms with E-state index in [0.717, 1.165) is 37.8 Å². The number of carbonyl (C=O) groups is 1. The number of halogens is 1. The predicted octanol–water partition coefficient (Wildman–Crippen LogP) is 5.55. The fourth-order valence-corrected chi connectivity index (χ4v) is 5.75. The third-order valence-electron chi connectivity index (χ3n) is 5.69. The molecule has 0 bridgehead atoms. The van der Waals surface area contributed by atoms with Crippen LogP contribution in [0.1, 0.15) is 10.4 Å². The van der Waals surface area contributed by atoms with Crippen molar-refractivity contribution in [1.82, 2.24) is 4.90 Å². The van der Waals surface area contributed by atoms with E-state index in [2.05, 4.69) is 45.1 Å². The zero-order chi connectivity index (χ0) is 22.1. The van der Waals surface area contributed by atoms with Crippen molar-refractivity contribution < 1.29 is 19.4 Å². The van der Waals surface area contributed by atoms with Crippen LogP contribution in [0.15, 0.2) is 64.0 Å². The second-order valence-electron chi connectivity index (χ2n) is 8.07. The summed E-state index contributed by atoms with van der Waals surface area (Å²) in [5.74, 6) is 0.646. The highest BCUT2D eigenvalue weighted by molar-refractivity contribution is 9.11. The molecular formula is C25H22BrNO4S. The average molecular weight is 512 g/mol. The monoisotopic (exact) mass is 511 g/mol. The zero-order valence-electron chi connectivity index (χ0n) is 17.3. The summed E-state index contributed by atoms with van der Waals surface area (Å²) < 4.78 is 13.1. The van der Waals surface area contributed by atoms with Crippen LogP contribution in [0.4, 0.5) is 0 Å². The zero-order valence-corrected chi connectivity index (χ0v) is 19.7. The van der Waals surface area contributed by atoms with Crippen LogP contribution in [-0.4, -0.2) is 42.2 Å². The molecule has 1 aromatic heterocycles. The van der Waals surface area contributed by atoms with Crippen LogP contribution < -0.4 is 9.47 Å². The van der Waals surface area contributed by atoms with Gasteiger partial charge < -0.3 is 14.6 Å². The van der Waals surface area contributed by atoms with Gasteiger partial charge in [0.1, 0.15) is 24.7 Å². The molecule has 1 fully saturated rings. The summed E-state index contributed by atoms with van der Waals surface area (Å²) in [6.45, 7) is 2.98. The molecule has 164 valence electrons. The molecule has 0 aliphatic carbocycles. The lowest BCUT2D eigenvalue weighted by Crippen LogP contribution is -2.51. The quantitative estimate of drug-likeness (QED) is 0.450. The maximum absolute atomic E-state index is 11.0. The van der Waals surface area contributed by atoms with Gasteiger partial charge in [-0.15, -0.1) is 11.3 Å². The van der Waals surface area contributed by atoms with E-state index < -0.39 is 5.97 Å². The van der Waals surface area contributed by atoms with Gasteiger partial charge in [-0.3, -0.25) is 9.69 Å². The van der Waals surface area contributed by atoms with Gasteiger partial charge in [-0.1, -0.05) is 30.3 Å². The molecule has 0 unspecified atom stereocenters. The topological polar surface area (TPSA) is 59.0 Å². The Hall–Kier alpha value is -2.61. The molecule has 0 saturated carbocycles. The molecule has 2 aromatic carbocycles. The Morgan fingerprint density at radius 3 is 2.78 bits per heavy atom. The Bertz CT molecular complexity index is 1170. The van der Waals surface area contributed by atoms with E-state index in [0.29, 0.717) is 26.3 Å². The van der Waals surface area contributed by atoms with E-state index in [4.69, 9.17) is 14.6 Å². The lowest BCUT2D eigenvalue weighted by Gasteiger charge is -2.37. The first kappa shape index (κ1) is 21.2. The summed E-state index contributed by atoms with van der Waals surface area (Å²) in [5, 5.41) is 9.02. The van der Waals surface area contributed by atoms with Crippen LogP contribution in [-0.2, 0) is 11.4 Å². The number of rotatable bonds is 7. The average Bonchev–Trinajstić information content (AvgIpc) is 3.15. The third-order valence-corrected chi connectivity index (χ3v) is 7.50. The Labute approximate surface area is 199 Å². The second-order valence-corrected chi connectivity index (χ2v) is 10.5. The van der Waals surface area contributed by atoms with Crippen molar-refractivity contribution in [3.05, 3.63) is 74.4 Å². The Balaban J connectivity index is 1.20. The highest BCUT2D eigenvalue weighted by Crippen LogP contribution is 2.37.